The molecule has 4 rings (SSSR count). The van der Waals surface area contributed by atoms with E-state index in [0.717, 1.165) is 35.0 Å². The summed E-state index contributed by atoms with van der Waals surface area (Å²) in [7, 11) is 0. The summed E-state index contributed by atoms with van der Waals surface area (Å²) in [6, 6.07) is 16.9. The molecule has 2 aliphatic rings. The predicted octanol–water partition coefficient (Wildman–Crippen LogP) is 4.78. The Morgan fingerprint density at radius 2 is 1.70 bits per heavy atom. The third-order valence-corrected chi connectivity index (χ3v) is 6.39. The van der Waals surface area contributed by atoms with Gasteiger partial charge in [0.25, 0.3) is 0 Å². The number of piperidine rings is 1. The van der Waals surface area contributed by atoms with Gasteiger partial charge in [-0.15, -0.1) is 0 Å². The molecule has 0 aromatic heterocycles. The minimum Gasteiger partial charge on any atom is -0.351 e. The highest BCUT2D eigenvalue weighted by Crippen LogP contribution is 2.48. The summed E-state index contributed by atoms with van der Waals surface area (Å²) in [4.78, 5) is 15.3. The molecule has 27 heavy (non-hydrogen) atoms. The van der Waals surface area contributed by atoms with Gasteiger partial charge in [-0.05, 0) is 67.6 Å². The average molecular weight is 427 g/mol. The van der Waals surface area contributed by atoms with Crippen molar-refractivity contribution in [3.05, 3.63) is 69.7 Å². The van der Waals surface area contributed by atoms with Crippen molar-refractivity contribution >= 4 is 21.8 Å². The molecule has 2 aromatic carbocycles. The topological polar surface area (TPSA) is 32.3 Å². The Hall–Kier alpha value is -1.65. The number of amides is 1. The standard InChI is InChI=1S/C23H27BrN2O/c24-21-6-4-5-20(15-21)23(11-12-23)22(27)25-16-18-7-9-19(10-8-18)17-26-13-2-1-3-14-26/h4-10,15H,1-3,11-14,16-17H2,(H,25,27). The highest BCUT2D eigenvalue weighted by Gasteiger charge is 2.51. The first-order valence-electron chi connectivity index (χ1n) is 10.0. The first-order chi connectivity index (χ1) is 13.2. The molecule has 4 heteroatoms. The van der Waals surface area contributed by atoms with E-state index in [2.05, 4.69) is 62.5 Å². The van der Waals surface area contributed by atoms with Crippen molar-refractivity contribution in [1.82, 2.24) is 10.2 Å². The van der Waals surface area contributed by atoms with Crippen molar-refractivity contribution in [3.63, 3.8) is 0 Å². The number of carbonyl (C=O) groups is 1. The zero-order chi connectivity index (χ0) is 18.7. The molecule has 1 heterocycles. The van der Waals surface area contributed by atoms with E-state index in [9.17, 15) is 4.79 Å². The van der Waals surface area contributed by atoms with Crippen LogP contribution in [-0.4, -0.2) is 23.9 Å². The molecule has 1 aliphatic carbocycles. The first kappa shape index (κ1) is 18.7. The molecule has 142 valence electrons. The Kier molecular flexibility index (Phi) is 5.65. The van der Waals surface area contributed by atoms with Crippen molar-refractivity contribution < 1.29 is 4.79 Å². The summed E-state index contributed by atoms with van der Waals surface area (Å²) in [6.07, 6.45) is 5.89. The fourth-order valence-electron chi connectivity index (χ4n) is 4.05. The highest BCUT2D eigenvalue weighted by atomic mass is 79.9. The highest BCUT2D eigenvalue weighted by molar-refractivity contribution is 9.10. The lowest BCUT2D eigenvalue weighted by molar-refractivity contribution is -0.123. The molecule has 1 N–H and O–H groups in total. The van der Waals surface area contributed by atoms with Crippen molar-refractivity contribution in [1.29, 1.82) is 0 Å². The van der Waals surface area contributed by atoms with Crippen LogP contribution in [-0.2, 0) is 23.3 Å². The molecule has 0 unspecified atom stereocenters. The third kappa shape index (κ3) is 4.44. The van der Waals surface area contributed by atoms with Crippen LogP contribution in [0.4, 0.5) is 0 Å². The van der Waals surface area contributed by atoms with E-state index in [1.165, 1.54) is 37.9 Å². The van der Waals surface area contributed by atoms with Gasteiger partial charge in [-0.2, -0.15) is 0 Å². The minimum absolute atomic E-state index is 0.151. The van der Waals surface area contributed by atoms with Gasteiger partial charge in [-0.3, -0.25) is 9.69 Å². The van der Waals surface area contributed by atoms with Gasteiger partial charge in [-0.1, -0.05) is 58.7 Å². The second-order valence-electron chi connectivity index (χ2n) is 7.93. The molecule has 3 nitrogen and oxygen atoms in total. The fraction of sp³-hybridized carbons (Fsp3) is 0.435. The molecule has 2 aromatic rings. The summed E-state index contributed by atoms with van der Waals surface area (Å²) in [5.74, 6) is 0.151. The van der Waals surface area contributed by atoms with E-state index < -0.39 is 0 Å². The van der Waals surface area contributed by atoms with Gasteiger partial charge in [0, 0.05) is 17.6 Å². The van der Waals surface area contributed by atoms with Crippen LogP contribution in [0.2, 0.25) is 0 Å². The Bertz CT molecular complexity index is 792. The number of nitrogens with zero attached hydrogens (tertiary/aromatic N) is 1. The zero-order valence-electron chi connectivity index (χ0n) is 15.7. The number of hydrogen-bond donors (Lipinski definition) is 1. The second-order valence-corrected chi connectivity index (χ2v) is 8.84. The van der Waals surface area contributed by atoms with Gasteiger partial charge in [0.1, 0.15) is 0 Å². The van der Waals surface area contributed by atoms with E-state index in [1.54, 1.807) is 0 Å². The van der Waals surface area contributed by atoms with Gasteiger partial charge in [0.15, 0.2) is 0 Å². The molecule has 0 radical (unpaired) electrons. The Labute approximate surface area is 170 Å². The van der Waals surface area contributed by atoms with Gasteiger partial charge in [0.2, 0.25) is 5.91 Å². The fourth-order valence-corrected chi connectivity index (χ4v) is 4.45. The van der Waals surface area contributed by atoms with Crippen molar-refractivity contribution in [2.45, 2.75) is 50.6 Å². The van der Waals surface area contributed by atoms with Crippen LogP contribution in [0, 0.1) is 0 Å². The normalized spacial score (nSPS) is 18.9. The average Bonchev–Trinajstić information content (AvgIpc) is 3.50. The SMILES string of the molecule is O=C(NCc1ccc(CN2CCCCC2)cc1)C1(c2cccc(Br)c2)CC1. The molecule has 1 saturated carbocycles. The Morgan fingerprint density at radius 3 is 2.37 bits per heavy atom. The van der Waals surface area contributed by atoms with E-state index in [4.69, 9.17) is 0 Å². The smallest absolute Gasteiger partial charge is 0.230 e. The number of hydrogen-bond acceptors (Lipinski definition) is 2. The van der Waals surface area contributed by atoms with Gasteiger partial charge >= 0.3 is 0 Å². The van der Waals surface area contributed by atoms with Gasteiger partial charge < -0.3 is 5.32 Å². The summed E-state index contributed by atoms with van der Waals surface area (Å²) in [6.45, 7) is 4.07. The number of halogens is 1. The van der Waals surface area contributed by atoms with Gasteiger partial charge in [-0.25, -0.2) is 0 Å². The largest absolute Gasteiger partial charge is 0.351 e. The van der Waals surface area contributed by atoms with Crippen molar-refractivity contribution in [2.75, 3.05) is 13.1 Å². The van der Waals surface area contributed by atoms with Crippen LogP contribution in [0.5, 0.6) is 0 Å². The lowest BCUT2D eigenvalue weighted by Gasteiger charge is -2.26. The van der Waals surface area contributed by atoms with Gasteiger partial charge in [0.05, 0.1) is 5.41 Å². The predicted molar refractivity (Wildman–Crippen MR) is 112 cm³/mol. The van der Waals surface area contributed by atoms with Crippen LogP contribution in [0.25, 0.3) is 0 Å². The summed E-state index contributed by atoms with van der Waals surface area (Å²) >= 11 is 3.51. The summed E-state index contributed by atoms with van der Waals surface area (Å²) < 4.78 is 1.03. The molecular weight excluding hydrogens is 400 g/mol. The molecule has 0 spiro atoms. The van der Waals surface area contributed by atoms with Crippen LogP contribution >= 0.6 is 15.9 Å². The van der Waals surface area contributed by atoms with E-state index in [0.29, 0.717) is 6.54 Å². The lowest BCUT2D eigenvalue weighted by Crippen LogP contribution is -2.34. The number of rotatable bonds is 6. The molecule has 0 atom stereocenters. The quantitative estimate of drug-likeness (QED) is 0.720. The Balaban J connectivity index is 1.32. The van der Waals surface area contributed by atoms with Crippen LogP contribution in [0.15, 0.2) is 53.0 Å². The van der Waals surface area contributed by atoms with Crippen molar-refractivity contribution in [2.24, 2.45) is 0 Å². The third-order valence-electron chi connectivity index (χ3n) is 5.89. The molecule has 0 bridgehead atoms. The maximum Gasteiger partial charge on any atom is 0.230 e. The Morgan fingerprint density at radius 1 is 1.00 bits per heavy atom. The lowest BCUT2D eigenvalue weighted by atomic mass is 9.95. The summed E-state index contributed by atoms with van der Waals surface area (Å²) in [5.41, 5.74) is 3.32. The zero-order valence-corrected chi connectivity index (χ0v) is 17.3. The molecule has 2 fully saturated rings. The number of likely N-dealkylation sites (tertiary alicyclic amines) is 1. The van der Waals surface area contributed by atoms with Crippen LogP contribution in [0.3, 0.4) is 0 Å². The second kappa shape index (κ2) is 8.15. The molecular formula is C23H27BrN2O. The first-order valence-corrected chi connectivity index (χ1v) is 10.8. The summed E-state index contributed by atoms with van der Waals surface area (Å²) in [5, 5.41) is 3.16. The molecule has 1 aliphatic heterocycles. The number of nitrogens with one attached hydrogen (secondary N) is 1. The number of benzene rings is 2. The maximum absolute atomic E-state index is 12.8. The van der Waals surface area contributed by atoms with Crippen LogP contribution < -0.4 is 5.32 Å². The monoisotopic (exact) mass is 426 g/mol. The number of carbonyl (C=O) groups excluding carboxylic acids is 1. The van der Waals surface area contributed by atoms with E-state index >= 15 is 0 Å². The van der Waals surface area contributed by atoms with Crippen LogP contribution in [0.1, 0.15) is 48.8 Å². The van der Waals surface area contributed by atoms with Crippen molar-refractivity contribution in [3.8, 4) is 0 Å². The molecule has 1 saturated heterocycles. The molecule has 1 amide bonds. The van der Waals surface area contributed by atoms with E-state index in [1.807, 2.05) is 12.1 Å². The minimum atomic E-state index is -0.321. The maximum atomic E-state index is 12.8. The van der Waals surface area contributed by atoms with E-state index in [-0.39, 0.29) is 11.3 Å².